The monoisotopic (exact) mass is 112 g/mol. The summed E-state index contributed by atoms with van der Waals surface area (Å²) in [5, 5.41) is 0. The minimum atomic E-state index is 0.787. The Kier molecular flexibility index (Phi) is 1.90. The molecule has 0 N–H and O–H groups in total. The van der Waals surface area contributed by atoms with Crippen LogP contribution in [0.25, 0.3) is 0 Å². The van der Waals surface area contributed by atoms with Gasteiger partial charge in [0.25, 0.3) is 0 Å². The molecule has 0 saturated carbocycles. The topological polar surface area (TPSA) is 3.24 Å². The van der Waals surface area contributed by atoms with Crippen LogP contribution >= 0.6 is 0 Å². The van der Waals surface area contributed by atoms with Gasteiger partial charge in [-0.05, 0) is 31.8 Å². The lowest BCUT2D eigenvalue weighted by Gasteiger charge is -2.25. The van der Waals surface area contributed by atoms with Crippen LogP contribution in [-0.4, -0.2) is 17.5 Å². The predicted molar refractivity (Wildman–Crippen MR) is 35.4 cm³/mol. The molecule has 1 saturated heterocycles. The Balaban J connectivity index is 2.30. The molecule has 0 bridgehead atoms. The van der Waals surface area contributed by atoms with Crippen LogP contribution in [0.15, 0.2) is 0 Å². The van der Waals surface area contributed by atoms with Gasteiger partial charge in [-0.25, -0.2) is 0 Å². The Morgan fingerprint density at radius 2 is 2.50 bits per heavy atom. The van der Waals surface area contributed by atoms with E-state index >= 15 is 0 Å². The molecule has 1 nitrogen and oxygen atoms in total. The Hall–Kier alpha value is -0.0400. The molecule has 48 valence electrons. The van der Waals surface area contributed by atoms with Gasteiger partial charge in [-0.15, -0.1) is 0 Å². The molecule has 0 aromatic rings. The molecule has 1 heterocycles. The molecule has 0 aliphatic carbocycles. The molecule has 0 radical (unpaired) electrons. The van der Waals surface area contributed by atoms with Crippen LogP contribution < -0.4 is 0 Å². The van der Waals surface area contributed by atoms with Crippen molar-refractivity contribution in [2.45, 2.75) is 32.2 Å². The predicted octanol–water partition coefficient (Wildman–Crippen LogP) is 1.65. The summed E-state index contributed by atoms with van der Waals surface area (Å²) >= 11 is 0. The normalized spacial score (nSPS) is 31.5. The first-order valence-corrected chi connectivity index (χ1v) is 3.41. The summed E-state index contributed by atoms with van der Waals surface area (Å²) in [6.45, 7) is 3.44. The van der Waals surface area contributed by atoms with Crippen LogP contribution in [0.2, 0.25) is 0 Å². The number of likely N-dealkylation sites (tertiary alicyclic amines) is 1. The summed E-state index contributed by atoms with van der Waals surface area (Å²) < 4.78 is 0. The quantitative estimate of drug-likeness (QED) is 0.466. The lowest BCUT2D eigenvalue weighted by Crippen LogP contribution is -2.21. The molecule has 1 heteroatoms. The highest BCUT2D eigenvalue weighted by Gasteiger charge is 2.12. The van der Waals surface area contributed by atoms with E-state index in [9.17, 15) is 0 Å². The maximum atomic E-state index is 3.92. The minimum absolute atomic E-state index is 0.787. The number of hydrogen-bond donors (Lipinski definition) is 0. The molecular formula is C7H14N-. The van der Waals surface area contributed by atoms with Gasteiger partial charge in [0, 0.05) is 0 Å². The zero-order valence-corrected chi connectivity index (χ0v) is 5.56. The van der Waals surface area contributed by atoms with E-state index in [1.165, 1.54) is 25.8 Å². The van der Waals surface area contributed by atoms with Crippen LogP contribution in [0.5, 0.6) is 0 Å². The second kappa shape index (κ2) is 2.49. The lowest BCUT2D eigenvalue weighted by molar-refractivity contribution is 0.336. The smallest absolute Gasteiger partial charge is 0.0187 e. The standard InChI is InChI=1S/C7H14N/c1-3-7-5-4-6-8(7)2/h7H,2-6H2,1H3/q-1. The lowest BCUT2D eigenvalue weighted by atomic mass is 10.2. The summed E-state index contributed by atoms with van der Waals surface area (Å²) in [4.78, 5) is 2.21. The Morgan fingerprint density at radius 1 is 1.75 bits per heavy atom. The molecule has 1 aliphatic rings. The van der Waals surface area contributed by atoms with Crippen molar-refractivity contribution in [1.29, 1.82) is 0 Å². The first-order valence-electron chi connectivity index (χ1n) is 3.41. The molecule has 8 heavy (non-hydrogen) atoms. The number of rotatable bonds is 1. The number of nitrogens with zero attached hydrogens (tertiary/aromatic N) is 1. The highest BCUT2D eigenvalue weighted by molar-refractivity contribution is 4.76. The Bertz CT molecular complexity index is 70.8. The second-order valence-electron chi connectivity index (χ2n) is 2.52. The third kappa shape index (κ3) is 1.03. The van der Waals surface area contributed by atoms with Crippen LogP contribution in [0.4, 0.5) is 0 Å². The average molecular weight is 112 g/mol. The van der Waals surface area contributed by atoms with E-state index in [2.05, 4.69) is 18.9 Å². The average Bonchev–Trinajstić information content (AvgIpc) is 2.14. The van der Waals surface area contributed by atoms with Crippen molar-refractivity contribution in [2.24, 2.45) is 0 Å². The summed E-state index contributed by atoms with van der Waals surface area (Å²) in [6.07, 6.45) is 3.98. The maximum Gasteiger partial charge on any atom is -0.0187 e. The van der Waals surface area contributed by atoms with Gasteiger partial charge >= 0.3 is 0 Å². The van der Waals surface area contributed by atoms with Crippen molar-refractivity contribution in [3.05, 3.63) is 7.05 Å². The van der Waals surface area contributed by atoms with Crippen LogP contribution in [-0.2, 0) is 0 Å². The SMILES string of the molecule is [CH2-]N1CCCC1CC. The van der Waals surface area contributed by atoms with E-state index < -0.39 is 0 Å². The van der Waals surface area contributed by atoms with Crippen molar-refractivity contribution < 1.29 is 0 Å². The summed E-state index contributed by atoms with van der Waals surface area (Å²) in [6, 6.07) is 0.787. The highest BCUT2D eigenvalue weighted by Crippen LogP contribution is 2.17. The van der Waals surface area contributed by atoms with E-state index in [-0.39, 0.29) is 0 Å². The summed E-state index contributed by atoms with van der Waals surface area (Å²) in [7, 11) is 3.92. The molecule has 0 amide bonds. The van der Waals surface area contributed by atoms with Crippen LogP contribution in [0.3, 0.4) is 0 Å². The zero-order valence-electron chi connectivity index (χ0n) is 5.56. The molecule has 1 fully saturated rings. The van der Waals surface area contributed by atoms with Gasteiger partial charge in [0.05, 0.1) is 0 Å². The van der Waals surface area contributed by atoms with E-state index in [4.69, 9.17) is 0 Å². The number of hydrogen-bond acceptors (Lipinski definition) is 1. The summed E-state index contributed by atoms with van der Waals surface area (Å²) in [5.41, 5.74) is 0. The molecule has 1 atom stereocenters. The van der Waals surface area contributed by atoms with Gasteiger partial charge in [0.1, 0.15) is 0 Å². The van der Waals surface area contributed by atoms with Crippen molar-refractivity contribution >= 4 is 0 Å². The molecule has 1 aliphatic heterocycles. The molecule has 1 unspecified atom stereocenters. The van der Waals surface area contributed by atoms with Gasteiger partial charge in [-0.3, -0.25) is 7.05 Å². The zero-order chi connectivity index (χ0) is 5.98. The van der Waals surface area contributed by atoms with Gasteiger partial charge in [-0.1, -0.05) is 6.92 Å². The Labute approximate surface area is 51.7 Å². The van der Waals surface area contributed by atoms with E-state index in [1.54, 1.807) is 0 Å². The highest BCUT2D eigenvalue weighted by atomic mass is 15.1. The van der Waals surface area contributed by atoms with Crippen LogP contribution in [0.1, 0.15) is 26.2 Å². The van der Waals surface area contributed by atoms with Gasteiger partial charge in [0.15, 0.2) is 0 Å². The minimum Gasteiger partial charge on any atom is -0.457 e. The molecule has 0 spiro atoms. The third-order valence-electron chi connectivity index (χ3n) is 1.97. The van der Waals surface area contributed by atoms with Crippen molar-refractivity contribution in [2.75, 3.05) is 6.54 Å². The van der Waals surface area contributed by atoms with Crippen molar-refractivity contribution in [3.63, 3.8) is 0 Å². The first kappa shape index (κ1) is 6.09. The molecule has 0 aromatic heterocycles. The third-order valence-corrected chi connectivity index (χ3v) is 1.97. The van der Waals surface area contributed by atoms with Crippen LogP contribution in [0, 0.1) is 7.05 Å². The first-order chi connectivity index (χ1) is 3.84. The van der Waals surface area contributed by atoms with E-state index in [1.807, 2.05) is 0 Å². The second-order valence-corrected chi connectivity index (χ2v) is 2.52. The van der Waals surface area contributed by atoms with Gasteiger partial charge in [0.2, 0.25) is 0 Å². The molecular weight excluding hydrogens is 98.1 g/mol. The fourth-order valence-electron chi connectivity index (χ4n) is 1.36. The van der Waals surface area contributed by atoms with Gasteiger partial charge < -0.3 is 4.90 Å². The molecule has 0 aromatic carbocycles. The Morgan fingerprint density at radius 3 is 2.75 bits per heavy atom. The maximum absolute atomic E-state index is 3.92. The molecule has 1 rings (SSSR count). The largest absolute Gasteiger partial charge is 0.457 e. The summed E-state index contributed by atoms with van der Waals surface area (Å²) in [5.74, 6) is 0. The van der Waals surface area contributed by atoms with E-state index in [0.717, 1.165) is 6.04 Å². The van der Waals surface area contributed by atoms with Gasteiger partial charge in [-0.2, -0.15) is 0 Å². The van der Waals surface area contributed by atoms with Crippen molar-refractivity contribution in [3.8, 4) is 0 Å². The van der Waals surface area contributed by atoms with Crippen molar-refractivity contribution in [1.82, 2.24) is 4.90 Å². The fraction of sp³-hybridized carbons (Fsp3) is 0.857. The van der Waals surface area contributed by atoms with E-state index in [0.29, 0.717) is 0 Å². The fourth-order valence-corrected chi connectivity index (χ4v) is 1.36.